The van der Waals surface area contributed by atoms with E-state index in [-0.39, 0.29) is 0 Å². The number of hydrogen-bond acceptors (Lipinski definition) is 2. The lowest BCUT2D eigenvalue weighted by Crippen LogP contribution is -2.26. The van der Waals surface area contributed by atoms with Gasteiger partial charge < -0.3 is 10.5 Å². The molecule has 2 atom stereocenters. The second-order valence-corrected chi connectivity index (χ2v) is 6.80. The average molecular weight is 291 g/mol. The molecule has 20 heavy (non-hydrogen) atoms. The van der Waals surface area contributed by atoms with Gasteiger partial charge in [-0.05, 0) is 55.2 Å². The molecular formula is C17H25NOS. The molecule has 0 radical (unpaired) electrons. The van der Waals surface area contributed by atoms with Crippen molar-refractivity contribution in [3.63, 3.8) is 0 Å². The summed E-state index contributed by atoms with van der Waals surface area (Å²) in [6, 6.07) is 6.12. The Morgan fingerprint density at radius 1 is 1.25 bits per heavy atom. The molecule has 0 aliphatic heterocycles. The van der Waals surface area contributed by atoms with E-state index < -0.39 is 0 Å². The highest BCUT2D eigenvalue weighted by Gasteiger charge is 2.24. The number of aryl methyl sites for hydroxylation is 1. The Morgan fingerprint density at radius 2 is 1.90 bits per heavy atom. The molecule has 0 spiro atoms. The van der Waals surface area contributed by atoms with Crippen LogP contribution >= 0.6 is 12.2 Å². The van der Waals surface area contributed by atoms with Crippen molar-refractivity contribution in [3.8, 4) is 0 Å². The molecule has 2 nitrogen and oxygen atoms in total. The van der Waals surface area contributed by atoms with Crippen molar-refractivity contribution < 1.29 is 4.74 Å². The van der Waals surface area contributed by atoms with Crippen molar-refractivity contribution in [1.82, 2.24) is 0 Å². The number of benzene rings is 1. The summed E-state index contributed by atoms with van der Waals surface area (Å²) in [6.07, 6.45) is 4.12. The van der Waals surface area contributed by atoms with Gasteiger partial charge in [0.05, 0.1) is 12.7 Å². The Kier molecular flexibility index (Phi) is 5.17. The average Bonchev–Trinajstić information content (AvgIpc) is 2.36. The van der Waals surface area contributed by atoms with Crippen LogP contribution in [0.3, 0.4) is 0 Å². The number of nitrogens with two attached hydrogens (primary N) is 1. The number of ether oxygens (including phenoxy) is 1. The highest BCUT2D eigenvalue weighted by Crippen LogP contribution is 2.31. The van der Waals surface area contributed by atoms with Gasteiger partial charge >= 0.3 is 0 Å². The zero-order chi connectivity index (χ0) is 14.7. The minimum Gasteiger partial charge on any atom is -0.389 e. The lowest BCUT2D eigenvalue weighted by atomic mass is 9.82. The second-order valence-electron chi connectivity index (χ2n) is 6.36. The van der Waals surface area contributed by atoms with Gasteiger partial charge in [-0.2, -0.15) is 0 Å². The van der Waals surface area contributed by atoms with E-state index >= 15 is 0 Å². The third kappa shape index (κ3) is 4.03. The summed E-state index contributed by atoms with van der Waals surface area (Å²) in [7, 11) is 0. The fraction of sp³-hybridized carbons (Fsp3) is 0.588. The molecule has 1 saturated carbocycles. The molecule has 0 saturated heterocycles. The van der Waals surface area contributed by atoms with Gasteiger partial charge in [0.15, 0.2) is 0 Å². The monoisotopic (exact) mass is 291 g/mol. The van der Waals surface area contributed by atoms with Crippen LogP contribution in [0.2, 0.25) is 0 Å². The van der Waals surface area contributed by atoms with Crippen molar-refractivity contribution in [2.24, 2.45) is 17.6 Å². The summed E-state index contributed by atoms with van der Waals surface area (Å²) < 4.78 is 6.13. The maximum Gasteiger partial charge on any atom is 0.103 e. The number of thiocarbonyl (C=S) groups is 1. The maximum absolute atomic E-state index is 6.13. The lowest BCUT2D eigenvalue weighted by molar-refractivity contribution is -0.00933. The quantitative estimate of drug-likeness (QED) is 0.853. The van der Waals surface area contributed by atoms with Crippen molar-refractivity contribution in [3.05, 3.63) is 34.9 Å². The molecule has 1 fully saturated rings. The number of hydrogen-bond donors (Lipinski definition) is 1. The van der Waals surface area contributed by atoms with E-state index in [2.05, 4.69) is 26.8 Å². The molecular weight excluding hydrogens is 266 g/mol. The van der Waals surface area contributed by atoms with E-state index in [1.165, 1.54) is 30.4 Å². The van der Waals surface area contributed by atoms with Gasteiger partial charge in [0.1, 0.15) is 4.99 Å². The van der Waals surface area contributed by atoms with Crippen molar-refractivity contribution in [2.75, 3.05) is 0 Å². The smallest absolute Gasteiger partial charge is 0.103 e. The van der Waals surface area contributed by atoms with E-state index in [9.17, 15) is 0 Å². The number of rotatable bonds is 4. The van der Waals surface area contributed by atoms with Gasteiger partial charge in [-0.15, -0.1) is 0 Å². The van der Waals surface area contributed by atoms with Crippen LogP contribution in [-0.4, -0.2) is 11.1 Å². The van der Waals surface area contributed by atoms with Crippen LogP contribution in [0.4, 0.5) is 0 Å². The standard InChI is InChI=1S/C17H25NOS/c1-11-6-12(2)8-16(7-11)19-10-15-5-4-14(17(18)20)9-13(15)3/h4-5,9,11-12,16H,6-8,10H2,1-3H3,(H2,18,20). The van der Waals surface area contributed by atoms with Crippen molar-refractivity contribution >= 4 is 17.2 Å². The summed E-state index contributed by atoms with van der Waals surface area (Å²) in [6.45, 7) is 7.43. The molecule has 2 rings (SSSR count). The van der Waals surface area contributed by atoms with Crippen LogP contribution < -0.4 is 5.73 Å². The molecule has 2 unspecified atom stereocenters. The zero-order valence-electron chi connectivity index (χ0n) is 12.7. The molecule has 0 aromatic heterocycles. The van der Waals surface area contributed by atoms with Gasteiger partial charge in [0, 0.05) is 5.56 Å². The minimum atomic E-state index is 0.406. The van der Waals surface area contributed by atoms with Crippen LogP contribution in [0.25, 0.3) is 0 Å². The summed E-state index contributed by atoms with van der Waals surface area (Å²) in [5.74, 6) is 1.56. The molecule has 1 aliphatic rings. The predicted molar refractivity (Wildman–Crippen MR) is 87.8 cm³/mol. The molecule has 3 heteroatoms. The van der Waals surface area contributed by atoms with Crippen LogP contribution in [0.15, 0.2) is 18.2 Å². The summed E-state index contributed by atoms with van der Waals surface area (Å²) in [4.78, 5) is 0.454. The van der Waals surface area contributed by atoms with Crippen LogP contribution in [0.5, 0.6) is 0 Å². The summed E-state index contributed by atoms with van der Waals surface area (Å²) >= 11 is 5.00. The topological polar surface area (TPSA) is 35.2 Å². The maximum atomic E-state index is 6.13. The largest absolute Gasteiger partial charge is 0.389 e. The normalized spacial score (nSPS) is 26.4. The van der Waals surface area contributed by atoms with Gasteiger partial charge in [0.2, 0.25) is 0 Å². The first-order valence-electron chi connectivity index (χ1n) is 7.46. The van der Waals surface area contributed by atoms with Crippen LogP contribution in [-0.2, 0) is 11.3 Å². The Balaban J connectivity index is 1.95. The Hall–Kier alpha value is -0.930. The highest BCUT2D eigenvalue weighted by atomic mass is 32.1. The molecule has 0 heterocycles. The molecule has 0 bridgehead atoms. The van der Waals surface area contributed by atoms with Crippen molar-refractivity contribution in [1.29, 1.82) is 0 Å². The van der Waals surface area contributed by atoms with Crippen molar-refractivity contribution in [2.45, 2.75) is 52.7 Å². The molecule has 1 aromatic carbocycles. The van der Waals surface area contributed by atoms with Gasteiger partial charge in [0.25, 0.3) is 0 Å². The Bertz CT molecular complexity index is 476. The first-order valence-corrected chi connectivity index (χ1v) is 7.87. The summed E-state index contributed by atoms with van der Waals surface area (Å²) in [5, 5.41) is 0. The molecule has 110 valence electrons. The van der Waals surface area contributed by atoms with Crippen LogP contribution in [0.1, 0.15) is 49.8 Å². The van der Waals surface area contributed by atoms with E-state index in [0.717, 1.165) is 17.4 Å². The lowest BCUT2D eigenvalue weighted by Gasteiger charge is -2.31. The first kappa shape index (κ1) is 15.5. The highest BCUT2D eigenvalue weighted by molar-refractivity contribution is 7.80. The molecule has 1 aromatic rings. The SMILES string of the molecule is Cc1cc(C(N)=S)ccc1COC1CC(C)CC(C)C1. The minimum absolute atomic E-state index is 0.406. The van der Waals surface area contributed by atoms with E-state index in [4.69, 9.17) is 22.7 Å². The van der Waals surface area contributed by atoms with Gasteiger partial charge in [-0.3, -0.25) is 0 Å². The van der Waals surface area contributed by atoms with Gasteiger partial charge in [-0.25, -0.2) is 0 Å². The van der Waals surface area contributed by atoms with E-state index in [1.807, 2.05) is 12.1 Å². The Labute approximate surface area is 127 Å². The third-order valence-electron chi connectivity index (χ3n) is 4.24. The predicted octanol–water partition coefficient (Wildman–Crippen LogP) is 3.97. The van der Waals surface area contributed by atoms with Crippen LogP contribution in [0, 0.1) is 18.8 Å². The summed E-state index contributed by atoms with van der Waals surface area (Å²) in [5.41, 5.74) is 9.02. The zero-order valence-corrected chi connectivity index (χ0v) is 13.5. The molecule has 0 amide bonds. The van der Waals surface area contributed by atoms with E-state index in [1.54, 1.807) is 0 Å². The first-order chi connectivity index (χ1) is 9.45. The Morgan fingerprint density at radius 3 is 2.45 bits per heavy atom. The third-order valence-corrected chi connectivity index (χ3v) is 4.47. The van der Waals surface area contributed by atoms with Gasteiger partial charge in [-0.1, -0.05) is 38.2 Å². The fourth-order valence-electron chi connectivity index (χ4n) is 3.23. The fourth-order valence-corrected chi connectivity index (χ4v) is 3.35. The van der Waals surface area contributed by atoms with E-state index in [0.29, 0.717) is 17.7 Å². The molecule has 2 N–H and O–H groups in total. The second kappa shape index (κ2) is 6.68. The molecule has 1 aliphatic carbocycles.